The third kappa shape index (κ3) is 2.47. The summed E-state index contributed by atoms with van der Waals surface area (Å²) in [5.41, 5.74) is 7.79. The van der Waals surface area contributed by atoms with Crippen LogP contribution in [0.15, 0.2) is 18.3 Å². The van der Waals surface area contributed by atoms with Gasteiger partial charge in [-0.25, -0.2) is 9.37 Å². The molecular weight excluding hydrogens is 273 g/mol. The standard InChI is InChI=1S/C15H18FN3S/c1-10-13(12-6-5-11(16)9-18-12)19-14(20-10)15(17)7-3-2-4-8-15/h5-6,9H,2-4,7-8,17H2,1H3. The van der Waals surface area contributed by atoms with Crippen LogP contribution in [0.2, 0.25) is 0 Å². The first-order chi connectivity index (χ1) is 9.58. The number of thiazole rings is 1. The fourth-order valence-electron chi connectivity index (χ4n) is 2.76. The van der Waals surface area contributed by atoms with Gasteiger partial charge in [0.25, 0.3) is 0 Å². The molecule has 0 atom stereocenters. The summed E-state index contributed by atoms with van der Waals surface area (Å²) in [5.74, 6) is -0.329. The molecule has 0 unspecified atom stereocenters. The van der Waals surface area contributed by atoms with E-state index in [0.717, 1.165) is 28.4 Å². The Kier molecular flexibility index (Phi) is 3.56. The molecule has 0 amide bonds. The maximum absolute atomic E-state index is 13.0. The zero-order valence-corrected chi connectivity index (χ0v) is 12.3. The van der Waals surface area contributed by atoms with E-state index in [1.807, 2.05) is 6.92 Å². The molecule has 0 aliphatic heterocycles. The molecule has 0 saturated heterocycles. The monoisotopic (exact) mass is 291 g/mol. The van der Waals surface area contributed by atoms with Crippen molar-refractivity contribution in [2.24, 2.45) is 5.73 Å². The molecule has 3 nitrogen and oxygen atoms in total. The number of halogens is 1. The lowest BCUT2D eigenvalue weighted by atomic mass is 9.83. The van der Waals surface area contributed by atoms with Crippen LogP contribution in [0.5, 0.6) is 0 Å². The van der Waals surface area contributed by atoms with Gasteiger partial charge in [0.05, 0.1) is 17.4 Å². The van der Waals surface area contributed by atoms with Gasteiger partial charge in [-0.1, -0.05) is 19.3 Å². The number of nitrogens with two attached hydrogens (primary N) is 1. The van der Waals surface area contributed by atoms with Crippen LogP contribution in [0.3, 0.4) is 0 Å². The van der Waals surface area contributed by atoms with E-state index >= 15 is 0 Å². The summed E-state index contributed by atoms with van der Waals surface area (Å²) in [7, 11) is 0. The molecule has 2 heterocycles. The zero-order valence-electron chi connectivity index (χ0n) is 11.5. The van der Waals surface area contributed by atoms with Crippen LogP contribution in [-0.2, 0) is 5.54 Å². The lowest BCUT2D eigenvalue weighted by molar-refractivity contribution is 0.301. The minimum atomic E-state index is -0.329. The van der Waals surface area contributed by atoms with Crippen LogP contribution < -0.4 is 5.73 Å². The number of hydrogen-bond donors (Lipinski definition) is 1. The molecule has 2 aromatic rings. The van der Waals surface area contributed by atoms with Crippen LogP contribution in [0.1, 0.15) is 42.0 Å². The molecule has 106 valence electrons. The predicted molar refractivity (Wildman–Crippen MR) is 79.0 cm³/mol. The van der Waals surface area contributed by atoms with Crippen LogP contribution >= 0.6 is 11.3 Å². The van der Waals surface area contributed by atoms with Crippen molar-refractivity contribution < 1.29 is 4.39 Å². The normalized spacial score (nSPS) is 18.1. The van der Waals surface area contributed by atoms with Gasteiger partial charge in [-0.2, -0.15) is 0 Å². The number of aromatic nitrogens is 2. The van der Waals surface area contributed by atoms with E-state index < -0.39 is 0 Å². The maximum Gasteiger partial charge on any atom is 0.141 e. The van der Waals surface area contributed by atoms with Crippen LogP contribution in [0, 0.1) is 12.7 Å². The Morgan fingerprint density at radius 1 is 1.25 bits per heavy atom. The summed E-state index contributed by atoms with van der Waals surface area (Å²) in [6.45, 7) is 2.02. The largest absolute Gasteiger partial charge is 0.319 e. The van der Waals surface area contributed by atoms with Crippen molar-refractivity contribution in [1.29, 1.82) is 0 Å². The molecule has 0 aromatic carbocycles. The van der Waals surface area contributed by atoms with Crippen molar-refractivity contribution in [2.75, 3.05) is 0 Å². The topological polar surface area (TPSA) is 51.8 Å². The van der Waals surface area contributed by atoms with E-state index in [-0.39, 0.29) is 11.4 Å². The molecule has 1 aliphatic carbocycles. The Morgan fingerprint density at radius 3 is 2.65 bits per heavy atom. The summed E-state index contributed by atoms with van der Waals surface area (Å²) in [5, 5.41) is 0.996. The summed E-state index contributed by atoms with van der Waals surface area (Å²) < 4.78 is 13.0. The van der Waals surface area contributed by atoms with Crippen molar-refractivity contribution in [3.63, 3.8) is 0 Å². The molecule has 5 heteroatoms. The Bertz CT molecular complexity index is 600. The first-order valence-electron chi connectivity index (χ1n) is 6.97. The molecule has 0 radical (unpaired) electrons. The third-order valence-electron chi connectivity index (χ3n) is 3.94. The lowest BCUT2D eigenvalue weighted by Gasteiger charge is -2.31. The molecule has 2 N–H and O–H groups in total. The number of nitrogens with zero attached hydrogens (tertiary/aromatic N) is 2. The summed E-state index contributed by atoms with van der Waals surface area (Å²) >= 11 is 1.65. The molecule has 1 aliphatic rings. The molecule has 3 rings (SSSR count). The fraction of sp³-hybridized carbons (Fsp3) is 0.467. The van der Waals surface area contributed by atoms with E-state index in [1.54, 1.807) is 17.4 Å². The van der Waals surface area contributed by atoms with E-state index in [1.165, 1.54) is 31.5 Å². The number of pyridine rings is 1. The van der Waals surface area contributed by atoms with Gasteiger partial charge < -0.3 is 5.73 Å². The minimum absolute atomic E-state index is 0.286. The highest BCUT2D eigenvalue weighted by molar-refractivity contribution is 7.12. The van der Waals surface area contributed by atoms with Crippen molar-refractivity contribution in [1.82, 2.24) is 9.97 Å². The Hall–Kier alpha value is -1.33. The maximum atomic E-state index is 13.0. The van der Waals surface area contributed by atoms with Gasteiger partial charge >= 0.3 is 0 Å². The van der Waals surface area contributed by atoms with Crippen molar-refractivity contribution in [3.8, 4) is 11.4 Å². The Labute approximate surface area is 122 Å². The average molecular weight is 291 g/mol. The van der Waals surface area contributed by atoms with Gasteiger partial charge in [0.15, 0.2) is 0 Å². The van der Waals surface area contributed by atoms with Gasteiger partial charge in [0.2, 0.25) is 0 Å². The van der Waals surface area contributed by atoms with Crippen molar-refractivity contribution >= 4 is 11.3 Å². The second-order valence-electron chi connectivity index (χ2n) is 5.50. The second kappa shape index (κ2) is 5.22. The van der Waals surface area contributed by atoms with Crippen LogP contribution in [-0.4, -0.2) is 9.97 Å². The van der Waals surface area contributed by atoms with Crippen LogP contribution in [0.25, 0.3) is 11.4 Å². The van der Waals surface area contributed by atoms with Gasteiger partial charge in [-0.15, -0.1) is 11.3 Å². The van der Waals surface area contributed by atoms with E-state index in [0.29, 0.717) is 5.69 Å². The second-order valence-corrected chi connectivity index (χ2v) is 6.71. The molecule has 1 saturated carbocycles. The molecular formula is C15H18FN3S. The predicted octanol–water partition coefficient (Wildman–Crippen LogP) is 3.77. The highest BCUT2D eigenvalue weighted by atomic mass is 32.1. The molecule has 1 fully saturated rings. The number of rotatable bonds is 2. The first kappa shape index (κ1) is 13.6. The third-order valence-corrected chi connectivity index (χ3v) is 5.13. The van der Waals surface area contributed by atoms with Crippen molar-refractivity contribution in [2.45, 2.75) is 44.6 Å². The Morgan fingerprint density at radius 2 is 2.00 bits per heavy atom. The highest BCUT2D eigenvalue weighted by Gasteiger charge is 2.33. The van der Waals surface area contributed by atoms with Gasteiger partial charge in [-0.3, -0.25) is 4.98 Å². The molecule has 20 heavy (non-hydrogen) atoms. The lowest BCUT2D eigenvalue weighted by Crippen LogP contribution is -2.38. The fourth-order valence-corrected chi connectivity index (χ4v) is 3.84. The van der Waals surface area contributed by atoms with E-state index in [2.05, 4.69) is 4.98 Å². The highest BCUT2D eigenvalue weighted by Crippen LogP contribution is 2.39. The minimum Gasteiger partial charge on any atom is -0.319 e. The number of aryl methyl sites for hydroxylation is 1. The summed E-state index contributed by atoms with van der Waals surface area (Å²) in [6, 6.07) is 3.09. The van der Waals surface area contributed by atoms with Crippen molar-refractivity contribution in [3.05, 3.63) is 34.0 Å². The molecule has 0 spiro atoms. The SMILES string of the molecule is Cc1sc(C2(N)CCCCC2)nc1-c1ccc(F)cn1. The Balaban J connectivity index is 1.96. The first-order valence-corrected chi connectivity index (χ1v) is 7.79. The summed E-state index contributed by atoms with van der Waals surface area (Å²) in [4.78, 5) is 9.92. The molecule has 2 aromatic heterocycles. The summed E-state index contributed by atoms with van der Waals surface area (Å²) in [6.07, 6.45) is 6.81. The molecule has 0 bridgehead atoms. The van der Waals surface area contributed by atoms with Crippen LogP contribution in [0.4, 0.5) is 4.39 Å². The van der Waals surface area contributed by atoms with Gasteiger partial charge in [-0.05, 0) is 31.9 Å². The van der Waals surface area contributed by atoms with Gasteiger partial charge in [0, 0.05) is 4.88 Å². The van der Waals surface area contributed by atoms with E-state index in [9.17, 15) is 4.39 Å². The average Bonchev–Trinajstić information content (AvgIpc) is 2.83. The smallest absolute Gasteiger partial charge is 0.141 e. The van der Waals surface area contributed by atoms with E-state index in [4.69, 9.17) is 10.7 Å². The number of hydrogen-bond acceptors (Lipinski definition) is 4. The quantitative estimate of drug-likeness (QED) is 0.916. The zero-order chi connectivity index (χ0) is 14.2. The van der Waals surface area contributed by atoms with Gasteiger partial charge in [0.1, 0.15) is 16.5 Å².